The summed E-state index contributed by atoms with van der Waals surface area (Å²) in [5.74, 6) is -0.0686. The zero-order valence-corrected chi connectivity index (χ0v) is 16.3. The molecule has 0 fully saturated rings. The quantitative estimate of drug-likeness (QED) is 0.378. The molecule has 0 aliphatic carbocycles. The number of carbonyl (C=O) groups is 1. The number of carbonyl (C=O) groups excluding carboxylic acids is 1. The van der Waals surface area contributed by atoms with Crippen LogP contribution in [0, 0.1) is 0 Å². The van der Waals surface area contributed by atoms with E-state index in [0.717, 1.165) is 16.3 Å². The van der Waals surface area contributed by atoms with Crippen LogP contribution in [0.2, 0.25) is 5.02 Å². The highest BCUT2D eigenvalue weighted by Crippen LogP contribution is 2.31. The highest BCUT2D eigenvalue weighted by atomic mass is 35.5. The number of nitrogen functional groups attached to an aromatic ring is 1. The first kappa shape index (κ1) is 19.8. The maximum Gasteiger partial charge on any atom is 0.488 e. The molecule has 1 heterocycles. The van der Waals surface area contributed by atoms with E-state index in [9.17, 15) is 14.8 Å². The van der Waals surface area contributed by atoms with Crippen molar-refractivity contribution in [3.8, 4) is 11.1 Å². The van der Waals surface area contributed by atoms with Crippen molar-refractivity contribution in [2.45, 2.75) is 0 Å². The number of benzene rings is 3. The summed E-state index contributed by atoms with van der Waals surface area (Å²) in [6.07, 6.45) is 1.59. The van der Waals surface area contributed by atoms with E-state index in [1.807, 2.05) is 12.1 Å². The molecule has 0 aliphatic rings. The predicted molar refractivity (Wildman–Crippen MR) is 119 cm³/mol. The van der Waals surface area contributed by atoms with E-state index in [4.69, 9.17) is 17.3 Å². The lowest BCUT2D eigenvalue weighted by atomic mass is 9.78. The number of aromatic nitrogens is 2. The highest BCUT2D eigenvalue weighted by molar-refractivity contribution is 6.58. The van der Waals surface area contributed by atoms with Gasteiger partial charge in [-0.2, -0.15) is 5.10 Å². The maximum absolute atomic E-state index is 12.8. The Labute approximate surface area is 177 Å². The number of rotatable bonds is 4. The number of fused-ring (bicyclic) bond motifs is 1. The van der Waals surface area contributed by atoms with Crippen LogP contribution in [-0.2, 0) is 0 Å². The fourth-order valence-electron chi connectivity index (χ4n) is 3.18. The summed E-state index contributed by atoms with van der Waals surface area (Å²) in [6.45, 7) is 0. The summed E-state index contributed by atoms with van der Waals surface area (Å²) in [6, 6.07) is 16.9. The lowest BCUT2D eigenvalue weighted by Crippen LogP contribution is -2.30. The number of hydrogen-bond acceptors (Lipinski definition) is 6. The number of halogens is 1. The van der Waals surface area contributed by atoms with Gasteiger partial charge in [-0.15, -0.1) is 5.10 Å². The summed E-state index contributed by atoms with van der Waals surface area (Å²) in [5.41, 5.74) is 8.30. The first-order valence-corrected chi connectivity index (χ1v) is 9.39. The Morgan fingerprint density at radius 3 is 2.63 bits per heavy atom. The van der Waals surface area contributed by atoms with Gasteiger partial charge in [0.25, 0.3) is 5.91 Å². The molecule has 7 nitrogen and oxygen atoms in total. The standard InChI is InChI=1S/C21H16BClN4O3/c23-18-4-2-1-3-16(18)21(28)26-19-8-6-14(22(29)30)10-17(19)12-5-7-15-13(9-12)11-25-27-20(15)24/h1-11,29-30H,(H2,24,27)(H,26,28). The van der Waals surface area contributed by atoms with E-state index in [0.29, 0.717) is 27.7 Å². The van der Waals surface area contributed by atoms with E-state index in [2.05, 4.69) is 15.5 Å². The van der Waals surface area contributed by atoms with E-state index < -0.39 is 7.12 Å². The molecule has 1 aromatic heterocycles. The summed E-state index contributed by atoms with van der Waals surface area (Å²) in [5, 5.41) is 31.6. The van der Waals surface area contributed by atoms with Crippen molar-refractivity contribution >= 4 is 52.4 Å². The van der Waals surface area contributed by atoms with Gasteiger partial charge in [0.05, 0.1) is 16.8 Å². The molecule has 5 N–H and O–H groups in total. The Bertz CT molecular complexity index is 1270. The smallest absolute Gasteiger partial charge is 0.423 e. The van der Waals surface area contributed by atoms with Crippen molar-refractivity contribution in [1.29, 1.82) is 0 Å². The van der Waals surface area contributed by atoms with Crippen LogP contribution in [0.4, 0.5) is 11.5 Å². The van der Waals surface area contributed by atoms with Crippen molar-refractivity contribution in [2.24, 2.45) is 0 Å². The minimum absolute atomic E-state index is 0.285. The van der Waals surface area contributed by atoms with Crippen LogP contribution in [0.3, 0.4) is 0 Å². The fraction of sp³-hybridized carbons (Fsp3) is 0. The van der Waals surface area contributed by atoms with Gasteiger partial charge < -0.3 is 21.1 Å². The molecule has 3 aromatic carbocycles. The van der Waals surface area contributed by atoms with Gasteiger partial charge in [0.2, 0.25) is 0 Å². The second-order valence-corrected chi connectivity index (χ2v) is 7.05. The number of hydrogen-bond donors (Lipinski definition) is 4. The second kappa shape index (κ2) is 8.12. The molecular formula is C21H16BClN4O3. The summed E-state index contributed by atoms with van der Waals surface area (Å²) in [4.78, 5) is 12.8. The Morgan fingerprint density at radius 1 is 1.07 bits per heavy atom. The number of nitrogens with two attached hydrogens (primary N) is 1. The van der Waals surface area contributed by atoms with Crippen LogP contribution in [0.15, 0.2) is 66.9 Å². The van der Waals surface area contributed by atoms with Gasteiger partial charge in [0, 0.05) is 22.0 Å². The molecule has 30 heavy (non-hydrogen) atoms. The molecule has 4 aromatic rings. The van der Waals surface area contributed by atoms with Gasteiger partial charge in [-0.1, -0.05) is 41.9 Å². The SMILES string of the molecule is Nc1nncc2cc(-c3cc(B(O)O)ccc3NC(=O)c3ccccc3Cl)ccc12. The molecule has 148 valence electrons. The van der Waals surface area contributed by atoms with Crippen molar-refractivity contribution in [1.82, 2.24) is 10.2 Å². The van der Waals surface area contributed by atoms with Crippen LogP contribution in [0.5, 0.6) is 0 Å². The van der Waals surface area contributed by atoms with Crippen molar-refractivity contribution in [2.75, 3.05) is 11.1 Å². The van der Waals surface area contributed by atoms with Gasteiger partial charge in [-0.25, -0.2) is 0 Å². The van der Waals surface area contributed by atoms with Gasteiger partial charge in [-0.05, 0) is 41.4 Å². The van der Waals surface area contributed by atoms with Gasteiger partial charge in [0.1, 0.15) is 0 Å². The fourth-order valence-corrected chi connectivity index (χ4v) is 3.40. The van der Waals surface area contributed by atoms with E-state index in [1.54, 1.807) is 48.7 Å². The molecule has 0 radical (unpaired) electrons. The third kappa shape index (κ3) is 3.84. The Hall–Kier alpha value is -3.46. The van der Waals surface area contributed by atoms with Crippen LogP contribution in [-0.4, -0.2) is 33.3 Å². The normalized spacial score (nSPS) is 10.8. The van der Waals surface area contributed by atoms with Crippen LogP contribution < -0.4 is 16.5 Å². The third-order valence-corrected chi connectivity index (χ3v) is 5.04. The van der Waals surface area contributed by atoms with Crippen LogP contribution in [0.25, 0.3) is 21.9 Å². The largest absolute Gasteiger partial charge is 0.488 e. The number of amides is 1. The van der Waals surface area contributed by atoms with E-state index in [-0.39, 0.29) is 11.4 Å². The first-order chi connectivity index (χ1) is 14.4. The predicted octanol–water partition coefficient (Wildman–Crippen LogP) is 2.46. The molecule has 4 rings (SSSR count). The number of nitrogens with zero attached hydrogens (tertiary/aromatic N) is 2. The summed E-state index contributed by atoms with van der Waals surface area (Å²) in [7, 11) is -1.65. The van der Waals surface area contributed by atoms with Gasteiger partial charge in [-0.3, -0.25) is 4.79 Å². The van der Waals surface area contributed by atoms with Crippen LogP contribution >= 0.6 is 11.6 Å². The average Bonchev–Trinajstić information content (AvgIpc) is 2.74. The topological polar surface area (TPSA) is 121 Å². The highest BCUT2D eigenvalue weighted by Gasteiger charge is 2.18. The van der Waals surface area contributed by atoms with E-state index in [1.165, 1.54) is 6.07 Å². The Kier molecular flexibility index (Phi) is 5.37. The molecule has 9 heteroatoms. The van der Waals surface area contributed by atoms with E-state index >= 15 is 0 Å². The minimum atomic E-state index is -1.65. The molecule has 0 atom stereocenters. The van der Waals surface area contributed by atoms with Crippen molar-refractivity contribution < 1.29 is 14.8 Å². The van der Waals surface area contributed by atoms with Crippen molar-refractivity contribution in [3.05, 3.63) is 77.4 Å². The molecule has 0 bridgehead atoms. The van der Waals surface area contributed by atoms with Gasteiger partial charge in [0.15, 0.2) is 5.82 Å². The van der Waals surface area contributed by atoms with Crippen molar-refractivity contribution in [3.63, 3.8) is 0 Å². The molecule has 1 amide bonds. The molecule has 0 aliphatic heterocycles. The molecular weight excluding hydrogens is 403 g/mol. The molecule has 0 unspecified atom stereocenters. The zero-order valence-electron chi connectivity index (χ0n) is 15.6. The molecule has 0 saturated carbocycles. The molecule has 0 saturated heterocycles. The zero-order chi connectivity index (χ0) is 21.3. The monoisotopic (exact) mass is 418 g/mol. The Morgan fingerprint density at radius 2 is 1.87 bits per heavy atom. The van der Waals surface area contributed by atoms with Crippen LogP contribution in [0.1, 0.15) is 10.4 Å². The summed E-state index contributed by atoms with van der Waals surface area (Å²) < 4.78 is 0. The average molecular weight is 419 g/mol. The lowest BCUT2D eigenvalue weighted by molar-refractivity contribution is 0.102. The number of nitrogens with one attached hydrogen (secondary N) is 1. The second-order valence-electron chi connectivity index (χ2n) is 6.64. The third-order valence-electron chi connectivity index (χ3n) is 4.71. The molecule has 0 spiro atoms. The number of anilines is 2. The minimum Gasteiger partial charge on any atom is -0.423 e. The maximum atomic E-state index is 12.8. The first-order valence-electron chi connectivity index (χ1n) is 9.01. The summed E-state index contributed by atoms with van der Waals surface area (Å²) >= 11 is 6.14. The van der Waals surface area contributed by atoms with Gasteiger partial charge >= 0.3 is 7.12 Å². The lowest BCUT2D eigenvalue weighted by Gasteiger charge is -2.14. The Balaban J connectivity index is 1.81.